The third kappa shape index (κ3) is 5.67. The van der Waals surface area contributed by atoms with Crippen LogP contribution in [0.1, 0.15) is 39.7 Å². The lowest BCUT2D eigenvalue weighted by molar-refractivity contribution is -0.0591. The van der Waals surface area contributed by atoms with E-state index < -0.39 is 11.8 Å². The van der Waals surface area contributed by atoms with E-state index in [1.54, 1.807) is 30.5 Å². The van der Waals surface area contributed by atoms with E-state index in [2.05, 4.69) is 25.5 Å². The van der Waals surface area contributed by atoms with Crippen molar-refractivity contribution < 1.29 is 23.8 Å². The zero-order valence-corrected chi connectivity index (χ0v) is 22.4. The molecule has 4 aromatic rings. The van der Waals surface area contributed by atoms with E-state index in [0.717, 1.165) is 47.7 Å². The molecule has 2 aliphatic rings. The lowest BCUT2D eigenvalue weighted by Crippen LogP contribution is -2.33. The molecule has 1 aromatic carbocycles. The van der Waals surface area contributed by atoms with Crippen LogP contribution in [0.15, 0.2) is 42.6 Å². The van der Waals surface area contributed by atoms with Crippen LogP contribution < -0.4 is 4.74 Å². The minimum Gasteiger partial charge on any atom is -0.477 e. The molecule has 1 saturated heterocycles. The summed E-state index contributed by atoms with van der Waals surface area (Å²) < 4.78 is 27.5. The molecule has 5 heterocycles. The zero-order valence-electron chi connectivity index (χ0n) is 20.8. The molecule has 0 unspecified atom stereocenters. The maximum atomic E-state index is 14.1. The van der Waals surface area contributed by atoms with Gasteiger partial charge in [0.05, 0.1) is 24.7 Å². The van der Waals surface area contributed by atoms with Gasteiger partial charge in [-0.2, -0.15) is 4.98 Å². The number of rotatable bonds is 9. The van der Waals surface area contributed by atoms with E-state index in [1.165, 1.54) is 17.4 Å². The lowest BCUT2D eigenvalue weighted by atomic mass is 10.1. The van der Waals surface area contributed by atoms with Crippen LogP contribution in [-0.2, 0) is 24.4 Å². The normalized spacial score (nSPS) is 17.7. The van der Waals surface area contributed by atoms with Crippen LogP contribution in [0.3, 0.4) is 0 Å². The van der Waals surface area contributed by atoms with Crippen LogP contribution in [0.5, 0.6) is 5.88 Å². The maximum absolute atomic E-state index is 14.1. The van der Waals surface area contributed by atoms with Gasteiger partial charge in [-0.3, -0.25) is 4.90 Å². The predicted octanol–water partition coefficient (Wildman–Crippen LogP) is 5.04. The lowest BCUT2D eigenvalue weighted by Gasteiger charge is -2.29. The number of nitrogens with zero attached hydrogens (tertiary/aromatic N) is 5. The number of hydrogen-bond acceptors (Lipinski definition) is 8. The van der Waals surface area contributed by atoms with Gasteiger partial charge in [0.25, 0.3) is 0 Å². The second kappa shape index (κ2) is 11.0. The average molecular weight is 570 g/mol. The summed E-state index contributed by atoms with van der Waals surface area (Å²) in [6.45, 7) is 3.58. The Labute approximate surface area is 232 Å². The first kappa shape index (κ1) is 25.9. The van der Waals surface area contributed by atoms with Crippen LogP contribution >= 0.6 is 22.9 Å². The van der Waals surface area contributed by atoms with Gasteiger partial charge in [0.1, 0.15) is 28.0 Å². The molecular formula is C27H25ClFN5O4S. The number of carboxylic acid groups (broad SMARTS) is 1. The monoisotopic (exact) mass is 569 g/mol. The Morgan fingerprint density at radius 1 is 1.28 bits per heavy atom. The molecule has 0 spiro atoms. The number of aromatic nitrogens is 4. The molecule has 6 rings (SSSR count). The summed E-state index contributed by atoms with van der Waals surface area (Å²) in [6, 6.07) is 7.84. The van der Waals surface area contributed by atoms with Gasteiger partial charge in [-0.05, 0) is 36.6 Å². The van der Waals surface area contributed by atoms with Crippen LogP contribution in [0.4, 0.5) is 4.39 Å². The van der Waals surface area contributed by atoms with Gasteiger partial charge < -0.3 is 19.1 Å². The zero-order chi connectivity index (χ0) is 26.9. The molecule has 2 aliphatic heterocycles. The molecule has 9 nitrogen and oxygen atoms in total. The fourth-order valence-corrected chi connectivity index (χ4v) is 5.70. The van der Waals surface area contributed by atoms with Gasteiger partial charge in [-0.15, -0.1) is 11.3 Å². The highest BCUT2D eigenvalue weighted by molar-refractivity contribution is 7.20. The molecule has 202 valence electrons. The van der Waals surface area contributed by atoms with E-state index >= 15 is 0 Å². The first-order valence-corrected chi connectivity index (χ1v) is 13.8. The Balaban J connectivity index is 1.13. The molecule has 1 N–H and O–H groups in total. The van der Waals surface area contributed by atoms with Crippen LogP contribution in [0.2, 0.25) is 5.02 Å². The second-order valence-corrected chi connectivity index (χ2v) is 11.0. The number of aromatic carboxylic acids is 1. The third-order valence-electron chi connectivity index (χ3n) is 6.88. The van der Waals surface area contributed by atoms with Gasteiger partial charge in [0, 0.05) is 42.5 Å². The van der Waals surface area contributed by atoms with Gasteiger partial charge in [-0.1, -0.05) is 23.7 Å². The molecule has 1 atom stereocenters. The number of carbonyl (C=O) groups is 1. The summed E-state index contributed by atoms with van der Waals surface area (Å²) in [5, 5.41) is 9.73. The van der Waals surface area contributed by atoms with Crippen molar-refractivity contribution in [2.75, 3.05) is 19.7 Å². The van der Waals surface area contributed by atoms with Crippen molar-refractivity contribution >= 4 is 44.8 Å². The van der Waals surface area contributed by atoms with Crippen LogP contribution in [0, 0.1) is 5.82 Å². The minimum absolute atomic E-state index is 0.0379. The quantitative estimate of drug-likeness (QED) is 0.299. The van der Waals surface area contributed by atoms with E-state index in [9.17, 15) is 14.3 Å². The third-order valence-corrected chi connectivity index (χ3v) is 8.12. The second-order valence-electron chi connectivity index (χ2n) is 9.48. The highest BCUT2D eigenvalue weighted by Crippen LogP contribution is 2.30. The molecule has 3 aromatic heterocycles. The number of carboxylic acids is 1. The van der Waals surface area contributed by atoms with E-state index in [4.69, 9.17) is 26.1 Å². The number of imidazole rings is 1. The van der Waals surface area contributed by atoms with Crippen molar-refractivity contribution in [3.8, 4) is 5.88 Å². The van der Waals surface area contributed by atoms with Crippen molar-refractivity contribution in [3.05, 3.63) is 75.5 Å². The van der Waals surface area contributed by atoms with Gasteiger partial charge in [0.2, 0.25) is 5.88 Å². The summed E-state index contributed by atoms with van der Waals surface area (Å²) in [7, 11) is 0. The molecule has 0 radical (unpaired) electrons. The minimum atomic E-state index is -0.937. The maximum Gasteiger partial charge on any atom is 0.346 e. The molecule has 0 saturated carbocycles. The van der Waals surface area contributed by atoms with Crippen molar-refractivity contribution in [3.63, 3.8) is 0 Å². The van der Waals surface area contributed by atoms with E-state index in [0.29, 0.717) is 41.9 Å². The summed E-state index contributed by atoms with van der Waals surface area (Å²) in [5.74, 6) is 0.512. The van der Waals surface area contributed by atoms with Crippen LogP contribution in [0.25, 0.3) is 15.9 Å². The van der Waals surface area contributed by atoms with Gasteiger partial charge in [-0.25, -0.2) is 19.2 Å². The topological polar surface area (TPSA) is 103 Å². The molecular weight excluding hydrogens is 545 g/mol. The summed E-state index contributed by atoms with van der Waals surface area (Å²) in [6.07, 6.45) is 5.61. The Kier molecular flexibility index (Phi) is 7.30. The summed E-state index contributed by atoms with van der Waals surface area (Å²) >= 11 is 7.02. The summed E-state index contributed by atoms with van der Waals surface area (Å²) in [5.41, 5.74) is 2.26. The predicted molar refractivity (Wildman–Crippen MR) is 145 cm³/mol. The highest BCUT2D eigenvalue weighted by Gasteiger charge is 2.25. The molecule has 0 bridgehead atoms. The Bertz CT molecular complexity index is 1570. The molecule has 0 aliphatic carbocycles. The fourth-order valence-electron chi connectivity index (χ4n) is 4.65. The van der Waals surface area contributed by atoms with Gasteiger partial charge in [0.15, 0.2) is 5.82 Å². The van der Waals surface area contributed by atoms with Crippen molar-refractivity contribution in [2.24, 2.45) is 0 Å². The van der Waals surface area contributed by atoms with E-state index in [1.807, 2.05) is 0 Å². The first-order valence-electron chi connectivity index (χ1n) is 12.6. The van der Waals surface area contributed by atoms with Crippen molar-refractivity contribution in [1.29, 1.82) is 0 Å². The molecule has 0 amide bonds. The van der Waals surface area contributed by atoms with Gasteiger partial charge >= 0.3 is 5.97 Å². The number of thiophene rings is 1. The first-order chi connectivity index (χ1) is 18.9. The number of halogens is 2. The average Bonchev–Trinajstić information content (AvgIpc) is 3.45. The number of hydrogen-bond donors (Lipinski definition) is 1. The Morgan fingerprint density at radius 3 is 2.87 bits per heavy atom. The summed E-state index contributed by atoms with van der Waals surface area (Å²) in [4.78, 5) is 28.5. The fraction of sp³-hybridized carbons (Fsp3) is 0.333. The number of ether oxygens (including phenoxy) is 2. The highest BCUT2D eigenvalue weighted by atomic mass is 35.5. The van der Waals surface area contributed by atoms with E-state index in [-0.39, 0.29) is 17.6 Å². The Morgan fingerprint density at radius 2 is 2.15 bits per heavy atom. The molecule has 1 fully saturated rings. The van der Waals surface area contributed by atoms with Crippen molar-refractivity contribution in [1.82, 2.24) is 24.4 Å². The molecule has 12 heteroatoms. The van der Waals surface area contributed by atoms with Crippen LogP contribution in [-0.4, -0.2) is 61.3 Å². The standard InChI is InChI=1S/C27H25ClFN5O4S/c28-18-2-1-17(20(29)11-18)15-38-24-3-7-30-25(32-24)16-4-8-33(9-5-16)14-23-31-26-21(12-22(39-26)27(35)36)34(23)13-19-6-10-37-19/h1-4,7,11-12,19H,5-6,8-10,13-15H2,(H,35,36)/t19-/m0/s1. The van der Waals surface area contributed by atoms with Crippen molar-refractivity contribution in [2.45, 2.75) is 38.6 Å². The Hall–Kier alpha value is -3.38. The largest absolute Gasteiger partial charge is 0.477 e. The SMILES string of the molecule is O=C(O)c1cc2c(nc(CN3CC=C(c4nccc(OCc5ccc(Cl)cc5F)n4)CC3)n2C[C@@H]2CCO2)s1. The molecule has 39 heavy (non-hydrogen) atoms. The number of benzene rings is 1. The smallest absolute Gasteiger partial charge is 0.346 e. The number of fused-ring (bicyclic) bond motifs is 1.